The predicted molar refractivity (Wildman–Crippen MR) is 67.1 cm³/mol. The Balaban J connectivity index is 4.29. The highest BCUT2D eigenvalue weighted by Crippen LogP contribution is 2.27. The van der Waals surface area contributed by atoms with Gasteiger partial charge in [-0.05, 0) is 25.3 Å². The molecule has 2 nitrogen and oxygen atoms in total. The van der Waals surface area contributed by atoms with E-state index >= 15 is 0 Å². The molecule has 0 unspecified atom stereocenters. The summed E-state index contributed by atoms with van der Waals surface area (Å²) < 4.78 is 0. The molecule has 0 heterocycles. The van der Waals surface area contributed by atoms with Gasteiger partial charge in [-0.2, -0.15) is 0 Å². The summed E-state index contributed by atoms with van der Waals surface area (Å²) in [5, 5.41) is 9.50. The first-order valence-electron chi connectivity index (χ1n) is 6.08. The van der Waals surface area contributed by atoms with E-state index in [-0.39, 0.29) is 5.41 Å². The molecule has 92 valence electrons. The molecule has 2 heteroatoms. The highest BCUT2D eigenvalue weighted by Gasteiger charge is 2.28. The smallest absolute Gasteiger partial charge is 0.0499 e. The number of aliphatic hydroxyl groups is 1. The molecule has 0 aliphatic rings. The molecule has 0 saturated heterocycles. The summed E-state index contributed by atoms with van der Waals surface area (Å²) >= 11 is 0. The zero-order valence-electron chi connectivity index (χ0n) is 11.4. The topological polar surface area (TPSA) is 23.5 Å². The summed E-state index contributed by atoms with van der Waals surface area (Å²) in [6.45, 7) is 13.5. The average Bonchev–Trinajstić information content (AvgIpc) is 2.11. The third-order valence-corrected chi connectivity index (χ3v) is 3.18. The van der Waals surface area contributed by atoms with E-state index in [1.165, 1.54) is 0 Å². The zero-order valence-corrected chi connectivity index (χ0v) is 11.4. The van der Waals surface area contributed by atoms with E-state index in [0.717, 1.165) is 25.9 Å². The maximum Gasteiger partial charge on any atom is 0.0499 e. The molecule has 0 aromatic heterocycles. The number of hydrogen-bond acceptors (Lipinski definition) is 2. The van der Waals surface area contributed by atoms with Crippen LogP contribution in [0.5, 0.6) is 0 Å². The van der Waals surface area contributed by atoms with Gasteiger partial charge in [0.25, 0.3) is 0 Å². The van der Waals surface area contributed by atoms with Gasteiger partial charge >= 0.3 is 0 Å². The van der Waals surface area contributed by atoms with Crippen LogP contribution in [0, 0.1) is 10.8 Å². The maximum atomic E-state index is 9.50. The normalized spacial score (nSPS) is 13.6. The first kappa shape index (κ1) is 14.9. The van der Waals surface area contributed by atoms with Crippen LogP contribution in [-0.4, -0.2) is 36.8 Å². The van der Waals surface area contributed by atoms with Gasteiger partial charge in [0.2, 0.25) is 0 Å². The molecule has 0 spiro atoms. The molecular formula is C13H29NO. The Bertz CT molecular complexity index is 160. The van der Waals surface area contributed by atoms with Gasteiger partial charge < -0.3 is 10.0 Å². The molecule has 0 aromatic carbocycles. The van der Waals surface area contributed by atoms with Crippen molar-refractivity contribution >= 4 is 0 Å². The molecule has 1 N–H and O–H groups in total. The van der Waals surface area contributed by atoms with Crippen molar-refractivity contribution in [2.24, 2.45) is 10.8 Å². The number of aliphatic hydroxyl groups excluding tert-OH is 1. The van der Waals surface area contributed by atoms with Crippen LogP contribution in [0.2, 0.25) is 0 Å². The monoisotopic (exact) mass is 215 g/mol. The van der Waals surface area contributed by atoms with E-state index in [9.17, 15) is 5.11 Å². The van der Waals surface area contributed by atoms with Crippen LogP contribution in [-0.2, 0) is 0 Å². The van der Waals surface area contributed by atoms with Crippen LogP contribution in [0.15, 0.2) is 0 Å². The first-order chi connectivity index (χ1) is 6.78. The Labute approximate surface area is 95.7 Å². The lowest BCUT2D eigenvalue weighted by Gasteiger charge is -2.36. The van der Waals surface area contributed by atoms with Crippen molar-refractivity contribution in [2.75, 3.05) is 26.7 Å². The third kappa shape index (κ3) is 5.53. The lowest BCUT2D eigenvalue weighted by atomic mass is 9.82. The highest BCUT2D eigenvalue weighted by atomic mass is 16.3. The van der Waals surface area contributed by atoms with Gasteiger partial charge in [0.1, 0.15) is 0 Å². The van der Waals surface area contributed by atoms with Crippen LogP contribution < -0.4 is 0 Å². The molecule has 0 aromatic rings. The Kier molecular flexibility index (Phi) is 5.82. The maximum absolute atomic E-state index is 9.50. The van der Waals surface area contributed by atoms with Gasteiger partial charge in [-0.15, -0.1) is 0 Å². The van der Waals surface area contributed by atoms with Crippen LogP contribution >= 0.6 is 0 Å². The molecule has 0 bridgehead atoms. The average molecular weight is 215 g/mol. The van der Waals surface area contributed by atoms with E-state index < -0.39 is 0 Å². The van der Waals surface area contributed by atoms with Gasteiger partial charge in [-0.3, -0.25) is 0 Å². The van der Waals surface area contributed by atoms with Gasteiger partial charge in [-0.1, -0.05) is 34.6 Å². The second-order valence-corrected chi connectivity index (χ2v) is 6.10. The fourth-order valence-electron chi connectivity index (χ4n) is 2.19. The third-order valence-electron chi connectivity index (χ3n) is 3.18. The fourth-order valence-corrected chi connectivity index (χ4v) is 2.19. The molecule has 0 fully saturated rings. The first-order valence-corrected chi connectivity index (χ1v) is 6.08. The van der Waals surface area contributed by atoms with Crippen molar-refractivity contribution in [3.05, 3.63) is 0 Å². The van der Waals surface area contributed by atoms with Gasteiger partial charge in [-0.25, -0.2) is 0 Å². The quantitative estimate of drug-likeness (QED) is 0.736. The Morgan fingerprint density at radius 2 is 1.47 bits per heavy atom. The van der Waals surface area contributed by atoms with Crippen molar-refractivity contribution in [1.29, 1.82) is 0 Å². The molecule has 0 rings (SSSR count). The van der Waals surface area contributed by atoms with Crippen molar-refractivity contribution in [3.63, 3.8) is 0 Å². The van der Waals surface area contributed by atoms with Crippen molar-refractivity contribution in [1.82, 2.24) is 4.90 Å². The van der Waals surface area contributed by atoms with Crippen LogP contribution in [0.25, 0.3) is 0 Å². The molecule has 0 atom stereocenters. The number of hydrogen-bond donors (Lipinski definition) is 1. The summed E-state index contributed by atoms with van der Waals surface area (Å²) in [6, 6.07) is 0. The second-order valence-electron chi connectivity index (χ2n) is 6.10. The molecule has 0 amide bonds. The standard InChI is InChI=1S/C13H29NO/c1-7-13(8-2,11-15)10-14(6)9-12(3,4)5/h15H,7-11H2,1-6H3. The Morgan fingerprint density at radius 1 is 1.00 bits per heavy atom. The molecule has 0 aliphatic carbocycles. The molecule has 0 aliphatic heterocycles. The summed E-state index contributed by atoms with van der Waals surface area (Å²) in [5.41, 5.74) is 0.428. The minimum absolute atomic E-state index is 0.0972. The molecule has 15 heavy (non-hydrogen) atoms. The summed E-state index contributed by atoms with van der Waals surface area (Å²) in [5.74, 6) is 0. The summed E-state index contributed by atoms with van der Waals surface area (Å²) in [7, 11) is 2.15. The molecule has 0 radical (unpaired) electrons. The van der Waals surface area contributed by atoms with E-state index in [4.69, 9.17) is 0 Å². The van der Waals surface area contributed by atoms with E-state index in [1.807, 2.05) is 0 Å². The minimum Gasteiger partial charge on any atom is -0.396 e. The lowest BCUT2D eigenvalue weighted by molar-refractivity contribution is 0.0638. The van der Waals surface area contributed by atoms with Crippen molar-refractivity contribution < 1.29 is 5.11 Å². The van der Waals surface area contributed by atoms with Crippen LogP contribution in [0.3, 0.4) is 0 Å². The predicted octanol–water partition coefficient (Wildman–Crippen LogP) is 2.76. The summed E-state index contributed by atoms with van der Waals surface area (Å²) in [4.78, 5) is 2.35. The van der Waals surface area contributed by atoms with E-state index in [1.54, 1.807) is 0 Å². The van der Waals surface area contributed by atoms with E-state index in [0.29, 0.717) is 12.0 Å². The van der Waals surface area contributed by atoms with Crippen molar-refractivity contribution in [3.8, 4) is 0 Å². The molecule has 0 saturated carbocycles. The van der Waals surface area contributed by atoms with Gasteiger partial charge in [0.15, 0.2) is 0 Å². The number of rotatable bonds is 6. The van der Waals surface area contributed by atoms with Gasteiger partial charge in [0, 0.05) is 25.1 Å². The molecular weight excluding hydrogens is 186 g/mol. The zero-order chi connectivity index (χ0) is 12.1. The Hall–Kier alpha value is -0.0800. The Morgan fingerprint density at radius 3 is 1.73 bits per heavy atom. The van der Waals surface area contributed by atoms with Gasteiger partial charge in [0.05, 0.1) is 0 Å². The fraction of sp³-hybridized carbons (Fsp3) is 1.00. The van der Waals surface area contributed by atoms with Crippen LogP contribution in [0.4, 0.5) is 0 Å². The highest BCUT2D eigenvalue weighted by molar-refractivity contribution is 4.80. The lowest BCUT2D eigenvalue weighted by Crippen LogP contribution is -2.40. The minimum atomic E-state index is 0.0972. The summed E-state index contributed by atoms with van der Waals surface area (Å²) in [6.07, 6.45) is 2.10. The largest absolute Gasteiger partial charge is 0.396 e. The SMILES string of the molecule is CCC(CC)(CO)CN(C)CC(C)(C)C. The van der Waals surface area contributed by atoms with E-state index in [2.05, 4.69) is 46.6 Å². The van der Waals surface area contributed by atoms with Crippen molar-refractivity contribution in [2.45, 2.75) is 47.5 Å². The number of nitrogens with zero attached hydrogens (tertiary/aromatic N) is 1. The van der Waals surface area contributed by atoms with Crippen LogP contribution in [0.1, 0.15) is 47.5 Å². The second kappa shape index (κ2) is 5.86.